The van der Waals surface area contributed by atoms with Crippen molar-refractivity contribution in [3.63, 3.8) is 0 Å². The van der Waals surface area contributed by atoms with Gasteiger partial charge < -0.3 is 11.5 Å². The zero-order valence-electron chi connectivity index (χ0n) is 27.2. The zero-order valence-corrected chi connectivity index (χ0v) is 28.8. The summed E-state index contributed by atoms with van der Waals surface area (Å²) in [7, 11) is -8.09. The van der Waals surface area contributed by atoms with Crippen LogP contribution < -0.4 is 21.7 Å². The second-order valence-electron chi connectivity index (χ2n) is 11.6. The summed E-state index contributed by atoms with van der Waals surface area (Å²) in [5.41, 5.74) is 18.7. The first kappa shape index (κ1) is 34.3. The van der Waals surface area contributed by atoms with Gasteiger partial charge in [-0.2, -0.15) is 10.2 Å². The molecule has 0 aliphatic carbocycles. The van der Waals surface area contributed by atoms with Gasteiger partial charge in [0.2, 0.25) is 20.0 Å². The molecule has 6 aromatic rings. The average Bonchev–Trinajstić information content (AvgIpc) is 3.10. The fourth-order valence-corrected chi connectivity index (χ4v) is 7.37. The van der Waals surface area contributed by atoms with Crippen LogP contribution in [0.2, 0.25) is 0 Å². The highest BCUT2D eigenvalue weighted by Crippen LogP contribution is 2.39. The predicted molar refractivity (Wildman–Crippen MR) is 198 cm³/mol. The molecular formula is C36H34N8O4S2. The summed E-state index contributed by atoms with van der Waals surface area (Å²) in [5.74, 6) is 0. The SMILES string of the molecule is CCc1cc(-c2ccc(N=Nc3cc(S(N)(=O)=O)c4ccccc4c3N)c(CC)c2)ccc1N=Nc1cc(S(N)(=O)=O)c2ccccc2c1N. The number of benzene rings is 6. The number of nitrogens with zero attached hydrogens (tertiary/aromatic N) is 4. The van der Waals surface area contributed by atoms with Crippen LogP contribution in [0.4, 0.5) is 34.1 Å². The Morgan fingerprint density at radius 1 is 0.480 bits per heavy atom. The number of sulfonamides is 2. The molecule has 0 saturated carbocycles. The molecule has 0 fully saturated rings. The smallest absolute Gasteiger partial charge is 0.238 e. The fourth-order valence-electron chi connectivity index (χ4n) is 5.84. The molecule has 254 valence electrons. The Kier molecular flexibility index (Phi) is 9.20. The Labute approximate surface area is 289 Å². The molecule has 0 saturated heterocycles. The summed E-state index contributed by atoms with van der Waals surface area (Å²) in [5, 5.41) is 30.5. The Morgan fingerprint density at radius 3 is 1.16 bits per heavy atom. The molecule has 12 nitrogen and oxygen atoms in total. The number of nitrogens with two attached hydrogens (primary N) is 4. The number of hydrogen-bond donors (Lipinski definition) is 4. The Morgan fingerprint density at radius 2 is 0.820 bits per heavy atom. The lowest BCUT2D eigenvalue weighted by Gasteiger charge is -2.11. The van der Waals surface area contributed by atoms with Gasteiger partial charge in [0.1, 0.15) is 11.4 Å². The molecule has 0 spiro atoms. The highest BCUT2D eigenvalue weighted by Gasteiger charge is 2.19. The van der Waals surface area contributed by atoms with Crippen molar-refractivity contribution >= 4 is 75.7 Å². The van der Waals surface area contributed by atoms with Gasteiger partial charge in [-0.1, -0.05) is 74.5 Å². The van der Waals surface area contributed by atoms with Crippen molar-refractivity contribution in [2.24, 2.45) is 30.7 Å². The predicted octanol–water partition coefficient (Wildman–Crippen LogP) is 8.07. The maximum absolute atomic E-state index is 12.4. The van der Waals surface area contributed by atoms with Crippen LogP contribution in [0.5, 0.6) is 0 Å². The lowest BCUT2D eigenvalue weighted by molar-refractivity contribution is 0.597. The lowest BCUT2D eigenvalue weighted by atomic mass is 9.98. The zero-order chi connectivity index (χ0) is 35.8. The van der Waals surface area contributed by atoms with Gasteiger partial charge >= 0.3 is 0 Å². The molecular weight excluding hydrogens is 673 g/mol. The molecule has 0 heterocycles. The Balaban J connectivity index is 1.32. The van der Waals surface area contributed by atoms with Crippen LogP contribution >= 0.6 is 0 Å². The molecule has 0 aromatic heterocycles. The van der Waals surface area contributed by atoms with E-state index in [1.807, 2.05) is 50.2 Å². The van der Waals surface area contributed by atoms with Gasteiger partial charge in [-0.15, -0.1) is 10.2 Å². The van der Waals surface area contributed by atoms with Crippen molar-refractivity contribution < 1.29 is 16.8 Å². The second-order valence-corrected chi connectivity index (χ2v) is 14.6. The topological polar surface area (TPSA) is 222 Å². The summed E-state index contributed by atoms with van der Waals surface area (Å²) in [6, 6.07) is 27.9. The van der Waals surface area contributed by atoms with E-state index in [0.717, 1.165) is 22.3 Å². The van der Waals surface area contributed by atoms with Crippen molar-refractivity contribution in [1.29, 1.82) is 0 Å². The molecule has 14 heteroatoms. The van der Waals surface area contributed by atoms with Gasteiger partial charge in [-0.25, -0.2) is 27.1 Å². The van der Waals surface area contributed by atoms with E-state index in [1.165, 1.54) is 12.1 Å². The van der Waals surface area contributed by atoms with E-state index >= 15 is 0 Å². The lowest BCUT2D eigenvalue weighted by Crippen LogP contribution is -2.13. The minimum atomic E-state index is -4.05. The van der Waals surface area contributed by atoms with Crippen molar-refractivity contribution in [3.05, 3.63) is 108 Å². The number of anilines is 2. The third kappa shape index (κ3) is 6.69. The van der Waals surface area contributed by atoms with Gasteiger partial charge in [0.25, 0.3) is 0 Å². The average molecular weight is 707 g/mol. The van der Waals surface area contributed by atoms with Crippen LogP contribution in [0.1, 0.15) is 25.0 Å². The van der Waals surface area contributed by atoms with Gasteiger partial charge in [0.15, 0.2) is 0 Å². The third-order valence-electron chi connectivity index (χ3n) is 8.45. The molecule has 0 radical (unpaired) electrons. The van der Waals surface area contributed by atoms with E-state index in [0.29, 0.717) is 57.1 Å². The molecule has 8 N–H and O–H groups in total. The summed E-state index contributed by atoms with van der Waals surface area (Å²) in [6.07, 6.45) is 1.30. The number of rotatable bonds is 9. The number of primary sulfonamides is 2. The van der Waals surface area contributed by atoms with Crippen molar-refractivity contribution in [2.45, 2.75) is 36.5 Å². The fraction of sp³-hybridized carbons (Fsp3) is 0.111. The number of aryl methyl sites for hydroxylation is 2. The molecule has 0 aliphatic rings. The van der Waals surface area contributed by atoms with Crippen molar-refractivity contribution in [3.8, 4) is 11.1 Å². The van der Waals surface area contributed by atoms with Crippen LogP contribution in [0.25, 0.3) is 32.7 Å². The first-order chi connectivity index (χ1) is 23.8. The highest BCUT2D eigenvalue weighted by atomic mass is 32.2. The van der Waals surface area contributed by atoms with Gasteiger partial charge in [0, 0.05) is 21.5 Å². The van der Waals surface area contributed by atoms with Crippen LogP contribution in [-0.2, 0) is 32.9 Å². The quantitative estimate of drug-likeness (QED) is 0.0858. The first-order valence-corrected chi connectivity index (χ1v) is 18.7. The minimum Gasteiger partial charge on any atom is -0.396 e. The highest BCUT2D eigenvalue weighted by molar-refractivity contribution is 7.89. The summed E-state index contributed by atoms with van der Waals surface area (Å²) in [6.45, 7) is 4.00. The van der Waals surface area contributed by atoms with E-state index in [1.54, 1.807) is 48.5 Å². The molecule has 0 aliphatic heterocycles. The van der Waals surface area contributed by atoms with Gasteiger partial charge in [-0.3, -0.25) is 0 Å². The Hall–Kier alpha value is -5.54. The third-order valence-corrected chi connectivity index (χ3v) is 10.4. The maximum Gasteiger partial charge on any atom is 0.238 e. The minimum absolute atomic E-state index is 0.0778. The van der Waals surface area contributed by atoms with Crippen LogP contribution in [0.3, 0.4) is 0 Å². The summed E-state index contributed by atoms with van der Waals surface area (Å²) in [4.78, 5) is -0.156. The number of azo groups is 2. The molecule has 0 unspecified atom stereocenters. The standard InChI is InChI=1S/C36H34N8O4S2/c1-3-21-17-23(13-15-29(21)41-43-31-19-33(49(39,45)46)25-9-5-7-11-27(25)35(31)37)24-14-16-30(22(4-2)18-24)42-44-32-20-34(50(40,47)48)26-10-6-8-12-28(26)36(32)38/h5-20H,3-4,37-38H2,1-2H3,(H2,39,45,46)(H2,40,47,48). The number of nitrogen functional groups attached to an aromatic ring is 2. The monoisotopic (exact) mass is 706 g/mol. The largest absolute Gasteiger partial charge is 0.396 e. The molecule has 50 heavy (non-hydrogen) atoms. The second kappa shape index (κ2) is 13.4. The van der Waals surface area contributed by atoms with Crippen LogP contribution in [-0.4, -0.2) is 16.8 Å². The summed E-state index contributed by atoms with van der Waals surface area (Å²) >= 11 is 0. The van der Waals surface area contributed by atoms with E-state index in [2.05, 4.69) is 20.5 Å². The van der Waals surface area contributed by atoms with Crippen LogP contribution in [0, 0.1) is 0 Å². The van der Waals surface area contributed by atoms with Gasteiger partial charge in [-0.05, 0) is 71.5 Å². The van der Waals surface area contributed by atoms with E-state index in [-0.39, 0.29) is 21.2 Å². The van der Waals surface area contributed by atoms with E-state index in [4.69, 9.17) is 21.7 Å². The van der Waals surface area contributed by atoms with Crippen molar-refractivity contribution in [2.75, 3.05) is 11.5 Å². The molecule has 0 bridgehead atoms. The first-order valence-electron chi connectivity index (χ1n) is 15.6. The van der Waals surface area contributed by atoms with Crippen LogP contribution in [0.15, 0.2) is 127 Å². The number of fused-ring (bicyclic) bond motifs is 2. The Bertz CT molecular complexity index is 2420. The van der Waals surface area contributed by atoms with Gasteiger partial charge in [0.05, 0.1) is 32.5 Å². The molecule has 0 atom stereocenters. The molecule has 6 aromatic carbocycles. The van der Waals surface area contributed by atoms with E-state index in [9.17, 15) is 16.8 Å². The van der Waals surface area contributed by atoms with Crippen molar-refractivity contribution in [1.82, 2.24) is 0 Å². The molecule has 0 amide bonds. The number of hydrogen-bond acceptors (Lipinski definition) is 10. The molecule has 6 rings (SSSR count). The normalized spacial score (nSPS) is 12.5. The van der Waals surface area contributed by atoms with E-state index < -0.39 is 20.0 Å². The summed E-state index contributed by atoms with van der Waals surface area (Å²) < 4.78 is 49.4. The maximum atomic E-state index is 12.4.